The van der Waals surface area contributed by atoms with Crippen LogP contribution in [-0.2, 0) is 39.3 Å². The maximum Gasteiger partial charge on any atom is 0.118 e. The topological polar surface area (TPSA) is 71.0 Å². The van der Waals surface area contributed by atoms with Gasteiger partial charge >= 0.3 is 0 Å². The second-order valence-electron chi connectivity index (χ2n) is 11.7. The van der Waals surface area contributed by atoms with E-state index >= 15 is 0 Å². The summed E-state index contributed by atoms with van der Waals surface area (Å²) in [4.78, 5) is 18.0. The molecule has 0 fully saturated rings. The Morgan fingerprint density at radius 2 is 1.12 bits per heavy atom. The van der Waals surface area contributed by atoms with Crippen LogP contribution in [0.3, 0.4) is 0 Å². The van der Waals surface area contributed by atoms with Gasteiger partial charge in [0.2, 0.25) is 0 Å². The summed E-state index contributed by atoms with van der Waals surface area (Å²) >= 11 is 1.86. The summed E-state index contributed by atoms with van der Waals surface area (Å²) < 4.78 is 15.7. The fourth-order valence-electron chi connectivity index (χ4n) is 4.92. The third-order valence-corrected chi connectivity index (χ3v) is 8.15. The third-order valence-electron chi connectivity index (χ3n) is 7.16. The van der Waals surface area contributed by atoms with Gasteiger partial charge in [-0.1, -0.05) is 24.3 Å². The number of ether oxygens (including phenoxy) is 1. The molecule has 0 radical (unpaired) electrons. The van der Waals surface area contributed by atoms with Crippen molar-refractivity contribution < 1.29 is 13.6 Å². The van der Waals surface area contributed by atoms with Crippen molar-refractivity contribution in [2.45, 2.75) is 46.2 Å². The summed E-state index contributed by atoms with van der Waals surface area (Å²) in [6.07, 6.45) is 7.06. The molecule has 8 nitrogen and oxygen atoms in total. The van der Waals surface area contributed by atoms with Crippen LogP contribution in [0, 0.1) is 6.92 Å². The highest BCUT2D eigenvalue weighted by Crippen LogP contribution is 2.18. The Morgan fingerprint density at radius 3 is 1.56 bits per heavy atom. The lowest BCUT2D eigenvalue weighted by atomic mass is 10.2. The Balaban J connectivity index is 0.000000164. The normalized spacial score (nSPS) is 10.8. The molecule has 252 valence electrons. The highest BCUT2D eigenvalue weighted by Gasteiger charge is 2.06. The molecular weight excluding hydrogens is 619 g/mol. The Bertz CT molecular complexity index is 1660. The highest BCUT2D eigenvalue weighted by atomic mass is 32.1. The van der Waals surface area contributed by atoms with E-state index in [-0.39, 0.29) is 0 Å². The van der Waals surface area contributed by atoms with Crippen LogP contribution < -0.4 is 4.74 Å². The van der Waals surface area contributed by atoms with Crippen molar-refractivity contribution in [2.75, 3.05) is 28.3 Å². The summed E-state index contributed by atoms with van der Waals surface area (Å²) in [6.45, 7) is 7.39. The SMILES string of the molecule is CN(Cc1ccccn1)Cc1ccco1.COc1ccc(CN(C)Cc2ccccn2)cc1.Cc1ccc(CN(C)Cc2ccco2)s1. The van der Waals surface area contributed by atoms with E-state index in [1.807, 2.05) is 96.5 Å². The van der Waals surface area contributed by atoms with E-state index in [0.29, 0.717) is 0 Å². The molecule has 0 amide bonds. The molecule has 0 aliphatic heterocycles. The first-order chi connectivity index (χ1) is 23.4. The molecule has 5 heterocycles. The minimum Gasteiger partial charge on any atom is -0.497 e. The maximum absolute atomic E-state index is 5.31. The van der Waals surface area contributed by atoms with Gasteiger partial charge in [0.05, 0.1) is 44.1 Å². The number of benzene rings is 1. The molecule has 48 heavy (non-hydrogen) atoms. The number of hydrogen-bond acceptors (Lipinski definition) is 9. The number of pyridine rings is 2. The van der Waals surface area contributed by atoms with Gasteiger partial charge in [0, 0.05) is 48.3 Å². The van der Waals surface area contributed by atoms with E-state index in [0.717, 1.165) is 67.9 Å². The second-order valence-corrected chi connectivity index (χ2v) is 13.1. The van der Waals surface area contributed by atoms with Crippen molar-refractivity contribution in [1.82, 2.24) is 24.7 Å². The van der Waals surface area contributed by atoms with E-state index in [4.69, 9.17) is 13.6 Å². The molecule has 0 unspecified atom stereocenters. The standard InChI is InChI=1S/C15H18N2O.C12H14N2O.C12H15NOS/c1-17(12-14-5-3-4-10-16-14)11-13-6-8-15(18-2)9-7-13;1-14(10-12-6-4-8-15-12)9-11-5-2-3-7-13-11;1-10-5-6-12(15-10)9-13(2)8-11-4-3-7-14-11/h3-10H,11-12H2,1-2H3;2-8H,9-10H2,1H3;3-7H,8-9H2,1-2H3. The molecule has 9 heteroatoms. The predicted molar refractivity (Wildman–Crippen MR) is 193 cm³/mol. The average molecular weight is 666 g/mol. The number of rotatable bonds is 13. The maximum atomic E-state index is 5.31. The van der Waals surface area contributed by atoms with Crippen LogP contribution >= 0.6 is 11.3 Å². The lowest BCUT2D eigenvalue weighted by molar-refractivity contribution is 0.285. The van der Waals surface area contributed by atoms with Gasteiger partial charge in [-0.3, -0.25) is 24.7 Å². The van der Waals surface area contributed by atoms with E-state index in [2.05, 4.69) is 77.0 Å². The lowest BCUT2D eigenvalue weighted by Crippen LogP contribution is -2.17. The fraction of sp³-hybridized carbons (Fsp3) is 0.282. The Morgan fingerprint density at radius 1 is 0.583 bits per heavy atom. The van der Waals surface area contributed by atoms with Gasteiger partial charge in [0.15, 0.2) is 0 Å². The predicted octanol–water partition coefficient (Wildman–Crippen LogP) is 8.31. The second kappa shape index (κ2) is 20.0. The van der Waals surface area contributed by atoms with Crippen molar-refractivity contribution in [2.24, 2.45) is 0 Å². The van der Waals surface area contributed by atoms with Crippen molar-refractivity contribution in [3.63, 3.8) is 0 Å². The lowest BCUT2D eigenvalue weighted by Gasteiger charge is -2.16. The van der Waals surface area contributed by atoms with Gasteiger partial charge in [-0.25, -0.2) is 0 Å². The largest absolute Gasteiger partial charge is 0.497 e. The van der Waals surface area contributed by atoms with Crippen LogP contribution in [0.25, 0.3) is 0 Å². The van der Waals surface area contributed by atoms with Crippen molar-refractivity contribution >= 4 is 11.3 Å². The van der Waals surface area contributed by atoms with Gasteiger partial charge in [-0.15, -0.1) is 11.3 Å². The van der Waals surface area contributed by atoms with Crippen molar-refractivity contribution in [1.29, 1.82) is 0 Å². The number of furan rings is 2. The number of nitrogens with zero attached hydrogens (tertiary/aromatic N) is 5. The first-order valence-electron chi connectivity index (χ1n) is 15.9. The van der Waals surface area contributed by atoms with Crippen LogP contribution in [0.15, 0.2) is 131 Å². The molecule has 6 aromatic rings. The van der Waals surface area contributed by atoms with Crippen LogP contribution in [0.1, 0.15) is 38.2 Å². The van der Waals surface area contributed by atoms with Crippen molar-refractivity contribution in [3.8, 4) is 5.75 Å². The molecular formula is C39H47N5O3S. The van der Waals surface area contributed by atoms with E-state index in [1.165, 1.54) is 15.3 Å². The summed E-state index contributed by atoms with van der Waals surface area (Å²) in [7, 11) is 7.94. The van der Waals surface area contributed by atoms with Crippen LogP contribution in [0.5, 0.6) is 5.75 Å². The van der Waals surface area contributed by atoms with Gasteiger partial charge in [-0.2, -0.15) is 0 Å². The van der Waals surface area contributed by atoms with Crippen LogP contribution in [0.4, 0.5) is 0 Å². The molecule has 6 rings (SSSR count). The quantitative estimate of drug-likeness (QED) is 0.122. The first kappa shape index (κ1) is 36.3. The first-order valence-corrected chi connectivity index (χ1v) is 16.8. The zero-order chi connectivity index (χ0) is 34.0. The zero-order valence-electron chi connectivity index (χ0n) is 28.7. The number of aryl methyl sites for hydroxylation is 1. The van der Waals surface area contributed by atoms with Gasteiger partial charge in [-0.05, 0) is 106 Å². The monoisotopic (exact) mass is 665 g/mol. The molecule has 5 aromatic heterocycles. The molecule has 1 aromatic carbocycles. The summed E-state index contributed by atoms with van der Waals surface area (Å²) in [6, 6.07) is 32.3. The van der Waals surface area contributed by atoms with E-state index in [1.54, 1.807) is 19.6 Å². The molecule has 0 aliphatic rings. The molecule has 0 bridgehead atoms. The minimum absolute atomic E-state index is 0.809. The highest BCUT2D eigenvalue weighted by molar-refractivity contribution is 7.11. The average Bonchev–Trinajstić information content (AvgIpc) is 3.88. The molecule has 0 saturated heterocycles. The van der Waals surface area contributed by atoms with Crippen LogP contribution in [-0.4, -0.2) is 52.9 Å². The Labute approximate surface area is 289 Å². The number of thiophene rings is 1. The van der Waals surface area contributed by atoms with Gasteiger partial charge in [0.25, 0.3) is 0 Å². The summed E-state index contributed by atoms with van der Waals surface area (Å²) in [5.74, 6) is 2.89. The van der Waals surface area contributed by atoms with Crippen molar-refractivity contribution in [3.05, 3.63) is 160 Å². The van der Waals surface area contributed by atoms with E-state index < -0.39 is 0 Å². The molecule has 0 spiro atoms. The zero-order valence-corrected chi connectivity index (χ0v) is 29.5. The van der Waals surface area contributed by atoms with E-state index in [9.17, 15) is 0 Å². The molecule has 0 N–H and O–H groups in total. The number of methoxy groups -OCH3 is 1. The summed E-state index contributed by atoms with van der Waals surface area (Å²) in [5.41, 5.74) is 3.44. The number of aromatic nitrogens is 2. The van der Waals surface area contributed by atoms with Crippen LogP contribution in [0.2, 0.25) is 0 Å². The van der Waals surface area contributed by atoms with Gasteiger partial charge in [0.1, 0.15) is 17.3 Å². The molecule has 0 saturated carbocycles. The number of hydrogen-bond donors (Lipinski definition) is 0. The third kappa shape index (κ3) is 13.7. The fourth-order valence-corrected chi connectivity index (χ4v) is 5.89. The smallest absolute Gasteiger partial charge is 0.118 e. The van der Waals surface area contributed by atoms with Gasteiger partial charge < -0.3 is 13.6 Å². The minimum atomic E-state index is 0.809. The molecule has 0 atom stereocenters. The molecule has 0 aliphatic carbocycles. The summed E-state index contributed by atoms with van der Waals surface area (Å²) in [5, 5.41) is 0. The Kier molecular flexibility index (Phi) is 15.1. The Hall–Kier alpha value is -4.54.